The maximum atomic E-state index is 12.4. The average Bonchev–Trinajstić information content (AvgIpc) is 2.61. The number of nitrogens with one attached hydrogen (secondary N) is 1. The van der Waals surface area contributed by atoms with E-state index in [0.717, 1.165) is 30.0 Å². The Morgan fingerprint density at radius 1 is 0.960 bits per heavy atom. The van der Waals surface area contributed by atoms with Crippen LogP contribution in [-0.4, -0.2) is 12.5 Å². The molecule has 0 saturated carbocycles. The van der Waals surface area contributed by atoms with Crippen molar-refractivity contribution in [3.05, 3.63) is 59.2 Å². The standard InChI is InChI=1S/C22H29NO2/c1-4-5-6-7-8-15-25-20-12-10-19(11-13-20)22(24)23-21-14-9-17(2)16-18(21)3/h9-14,16H,4-8,15H2,1-3H3,(H,23,24). The Morgan fingerprint density at radius 2 is 1.68 bits per heavy atom. The highest BCUT2D eigenvalue weighted by atomic mass is 16.5. The van der Waals surface area contributed by atoms with Crippen LogP contribution in [0.2, 0.25) is 0 Å². The van der Waals surface area contributed by atoms with Crippen molar-refractivity contribution in [1.82, 2.24) is 0 Å². The Bertz CT molecular complexity index is 677. The fraction of sp³-hybridized carbons (Fsp3) is 0.409. The molecule has 3 heteroatoms. The molecular weight excluding hydrogens is 310 g/mol. The van der Waals surface area contributed by atoms with Crippen LogP contribution in [0, 0.1) is 13.8 Å². The van der Waals surface area contributed by atoms with Crippen molar-refractivity contribution in [2.45, 2.75) is 52.9 Å². The molecule has 134 valence electrons. The van der Waals surface area contributed by atoms with E-state index >= 15 is 0 Å². The lowest BCUT2D eigenvalue weighted by Gasteiger charge is -2.10. The molecule has 1 amide bonds. The van der Waals surface area contributed by atoms with E-state index in [4.69, 9.17) is 4.74 Å². The molecular formula is C22H29NO2. The lowest BCUT2D eigenvalue weighted by molar-refractivity contribution is 0.102. The molecule has 1 N–H and O–H groups in total. The van der Waals surface area contributed by atoms with Crippen molar-refractivity contribution in [2.24, 2.45) is 0 Å². The third-order valence-corrected chi connectivity index (χ3v) is 4.26. The second-order valence-corrected chi connectivity index (χ2v) is 6.56. The van der Waals surface area contributed by atoms with E-state index in [1.807, 2.05) is 50.2 Å². The third kappa shape index (κ3) is 6.26. The number of ether oxygens (including phenoxy) is 1. The van der Waals surface area contributed by atoms with Gasteiger partial charge in [0.2, 0.25) is 0 Å². The van der Waals surface area contributed by atoms with Crippen LogP contribution in [0.25, 0.3) is 0 Å². The normalized spacial score (nSPS) is 10.5. The van der Waals surface area contributed by atoms with Crippen molar-refractivity contribution >= 4 is 11.6 Å². The largest absolute Gasteiger partial charge is 0.494 e. The summed E-state index contributed by atoms with van der Waals surface area (Å²) in [6, 6.07) is 13.4. The number of rotatable bonds is 9. The fourth-order valence-corrected chi connectivity index (χ4v) is 2.75. The molecule has 3 nitrogen and oxygen atoms in total. The molecule has 0 unspecified atom stereocenters. The van der Waals surface area contributed by atoms with Crippen LogP contribution < -0.4 is 10.1 Å². The third-order valence-electron chi connectivity index (χ3n) is 4.26. The van der Waals surface area contributed by atoms with E-state index in [-0.39, 0.29) is 5.91 Å². The van der Waals surface area contributed by atoms with Crippen LogP contribution in [0.4, 0.5) is 5.69 Å². The lowest BCUT2D eigenvalue weighted by Crippen LogP contribution is -2.12. The summed E-state index contributed by atoms with van der Waals surface area (Å²) in [7, 11) is 0. The predicted molar refractivity (Wildman–Crippen MR) is 105 cm³/mol. The van der Waals surface area contributed by atoms with Crippen molar-refractivity contribution in [3.8, 4) is 5.75 Å². The second-order valence-electron chi connectivity index (χ2n) is 6.56. The first kappa shape index (κ1) is 19.0. The topological polar surface area (TPSA) is 38.3 Å². The molecule has 0 heterocycles. The predicted octanol–water partition coefficient (Wildman–Crippen LogP) is 5.90. The molecule has 2 aromatic rings. The molecule has 0 aliphatic carbocycles. The van der Waals surface area contributed by atoms with Gasteiger partial charge in [-0.3, -0.25) is 4.79 Å². The minimum atomic E-state index is -0.0990. The van der Waals surface area contributed by atoms with Crippen LogP contribution in [0.1, 0.15) is 60.5 Å². The lowest BCUT2D eigenvalue weighted by atomic mass is 10.1. The first-order chi connectivity index (χ1) is 12.1. The van der Waals surface area contributed by atoms with E-state index in [1.54, 1.807) is 0 Å². The van der Waals surface area contributed by atoms with Crippen LogP contribution in [-0.2, 0) is 0 Å². The highest BCUT2D eigenvalue weighted by Crippen LogP contribution is 2.18. The first-order valence-corrected chi connectivity index (χ1v) is 9.21. The highest BCUT2D eigenvalue weighted by molar-refractivity contribution is 6.04. The molecule has 0 fully saturated rings. The molecule has 0 bridgehead atoms. The van der Waals surface area contributed by atoms with E-state index in [2.05, 4.69) is 18.3 Å². The summed E-state index contributed by atoms with van der Waals surface area (Å²) in [4.78, 5) is 12.4. The summed E-state index contributed by atoms with van der Waals surface area (Å²) in [5.74, 6) is 0.719. The minimum absolute atomic E-state index is 0.0990. The van der Waals surface area contributed by atoms with E-state index in [9.17, 15) is 4.79 Å². The van der Waals surface area contributed by atoms with Gasteiger partial charge in [-0.1, -0.05) is 50.3 Å². The van der Waals surface area contributed by atoms with Gasteiger partial charge in [0.15, 0.2) is 0 Å². The molecule has 0 aliphatic rings. The van der Waals surface area contributed by atoms with Gasteiger partial charge in [-0.15, -0.1) is 0 Å². The maximum Gasteiger partial charge on any atom is 0.255 e. The number of anilines is 1. The smallest absolute Gasteiger partial charge is 0.255 e. The van der Waals surface area contributed by atoms with Crippen molar-refractivity contribution < 1.29 is 9.53 Å². The maximum absolute atomic E-state index is 12.4. The van der Waals surface area contributed by atoms with Crippen molar-refractivity contribution in [3.63, 3.8) is 0 Å². The van der Waals surface area contributed by atoms with Gasteiger partial charge in [0.25, 0.3) is 5.91 Å². The Morgan fingerprint density at radius 3 is 2.36 bits per heavy atom. The zero-order valence-electron chi connectivity index (χ0n) is 15.6. The quantitative estimate of drug-likeness (QED) is 0.577. The average molecular weight is 339 g/mol. The molecule has 2 aromatic carbocycles. The van der Waals surface area contributed by atoms with Gasteiger partial charge in [-0.05, 0) is 56.2 Å². The number of hydrogen-bond acceptors (Lipinski definition) is 2. The van der Waals surface area contributed by atoms with E-state index in [0.29, 0.717) is 5.56 Å². The van der Waals surface area contributed by atoms with E-state index < -0.39 is 0 Å². The Balaban J connectivity index is 1.83. The van der Waals surface area contributed by atoms with Gasteiger partial charge < -0.3 is 10.1 Å². The number of unbranched alkanes of at least 4 members (excludes halogenated alkanes) is 4. The summed E-state index contributed by atoms with van der Waals surface area (Å²) in [5, 5.41) is 2.97. The SMILES string of the molecule is CCCCCCCOc1ccc(C(=O)Nc2ccc(C)cc2C)cc1. The number of aryl methyl sites for hydroxylation is 2. The fourth-order valence-electron chi connectivity index (χ4n) is 2.75. The second kappa shape index (κ2) is 9.87. The van der Waals surface area contributed by atoms with Gasteiger partial charge in [-0.25, -0.2) is 0 Å². The summed E-state index contributed by atoms with van der Waals surface area (Å²) in [5.41, 5.74) is 3.74. The monoisotopic (exact) mass is 339 g/mol. The van der Waals surface area contributed by atoms with Gasteiger partial charge in [-0.2, -0.15) is 0 Å². The molecule has 0 radical (unpaired) electrons. The van der Waals surface area contributed by atoms with Gasteiger partial charge in [0, 0.05) is 11.3 Å². The van der Waals surface area contributed by atoms with Crippen LogP contribution in [0.15, 0.2) is 42.5 Å². The molecule has 0 saturated heterocycles. The molecule has 25 heavy (non-hydrogen) atoms. The van der Waals surface area contributed by atoms with E-state index in [1.165, 1.54) is 31.2 Å². The van der Waals surface area contributed by atoms with Crippen LogP contribution in [0.3, 0.4) is 0 Å². The van der Waals surface area contributed by atoms with Gasteiger partial charge in [0.05, 0.1) is 6.61 Å². The van der Waals surface area contributed by atoms with Crippen LogP contribution in [0.5, 0.6) is 5.75 Å². The molecule has 0 aliphatic heterocycles. The number of amides is 1. The number of carbonyl (C=O) groups excluding carboxylic acids is 1. The first-order valence-electron chi connectivity index (χ1n) is 9.21. The summed E-state index contributed by atoms with van der Waals surface area (Å²) >= 11 is 0. The number of carbonyl (C=O) groups is 1. The Labute approximate surface area is 151 Å². The van der Waals surface area contributed by atoms with Crippen LogP contribution >= 0.6 is 0 Å². The Kier molecular flexibility index (Phi) is 7.52. The highest BCUT2D eigenvalue weighted by Gasteiger charge is 2.08. The zero-order chi connectivity index (χ0) is 18.1. The molecule has 0 atom stereocenters. The van der Waals surface area contributed by atoms with Crippen molar-refractivity contribution in [2.75, 3.05) is 11.9 Å². The summed E-state index contributed by atoms with van der Waals surface area (Å²) in [6.07, 6.45) is 6.12. The number of benzene rings is 2. The van der Waals surface area contributed by atoms with Gasteiger partial charge >= 0.3 is 0 Å². The Hall–Kier alpha value is -2.29. The molecule has 0 spiro atoms. The molecule has 2 rings (SSSR count). The zero-order valence-corrected chi connectivity index (χ0v) is 15.6. The molecule has 0 aromatic heterocycles. The van der Waals surface area contributed by atoms with Gasteiger partial charge in [0.1, 0.15) is 5.75 Å². The van der Waals surface area contributed by atoms with Crippen molar-refractivity contribution in [1.29, 1.82) is 0 Å². The summed E-state index contributed by atoms with van der Waals surface area (Å²) in [6.45, 7) is 6.99. The minimum Gasteiger partial charge on any atom is -0.494 e. The summed E-state index contributed by atoms with van der Waals surface area (Å²) < 4.78 is 5.74. The number of hydrogen-bond donors (Lipinski definition) is 1.